The summed E-state index contributed by atoms with van der Waals surface area (Å²) in [5.41, 5.74) is -0.0164. The summed E-state index contributed by atoms with van der Waals surface area (Å²) < 4.78 is 25.5. The fourth-order valence-corrected chi connectivity index (χ4v) is 4.03. The van der Waals surface area contributed by atoms with Gasteiger partial charge in [0.05, 0.1) is 5.56 Å². The average Bonchev–Trinajstić information content (AvgIpc) is 2.84. The number of hydrogen-bond acceptors (Lipinski definition) is 5. The zero-order chi connectivity index (χ0) is 14.5. The molecule has 0 spiro atoms. The fraction of sp³-hybridized carbons (Fsp3) is 0.545. The lowest BCUT2D eigenvalue weighted by Gasteiger charge is -2.15. The number of aromatic carboxylic acids is 1. The Balaban J connectivity index is 2.70. The van der Waals surface area contributed by atoms with Crippen LogP contribution in [0.5, 0.6) is 0 Å². The molecule has 1 heterocycles. The van der Waals surface area contributed by atoms with Crippen molar-refractivity contribution < 1.29 is 23.4 Å². The average molecular weight is 307 g/mol. The van der Waals surface area contributed by atoms with Crippen LogP contribution in [0, 0.1) is 0 Å². The number of carbonyl (C=O) groups is 1. The Morgan fingerprint density at radius 1 is 1.37 bits per heavy atom. The molecule has 0 aliphatic heterocycles. The first-order valence-electron chi connectivity index (χ1n) is 5.78. The first kappa shape index (κ1) is 16.1. The summed E-state index contributed by atoms with van der Waals surface area (Å²) in [5.74, 6) is -1.14. The van der Waals surface area contributed by atoms with Crippen LogP contribution in [0.4, 0.5) is 0 Å². The summed E-state index contributed by atoms with van der Waals surface area (Å²) in [5, 5.41) is 18.7. The maximum Gasteiger partial charge on any atom is 0.336 e. The number of carboxylic acids is 1. The van der Waals surface area contributed by atoms with Crippen molar-refractivity contribution in [3.05, 3.63) is 17.0 Å². The molecule has 1 rings (SSSR count). The van der Waals surface area contributed by atoms with E-state index in [9.17, 15) is 13.2 Å². The molecule has 0 aliphatic carbocycles. The molecule has 8 heteroatoms. The molecule has 0 fully saturated rings. The minimum absolute atomic E-state index is 0.0164. The normalized spacial score (nSPS) is 11.9. The lowest BCUT2D eigenvalue weighted by molar-refractivity contribution is 0.0697. The molecule has 108 valence electrons. The third kappa shape index (κ3) is 4.27. The van der Waals surface area contributed by atoms with Gasteiger partial charge in [-0.25, -0.2) is 17.5 Å². The SMILES string of the molecule is CN(CCCCCO)S(=O)(=O)c1cc(C(=O)O)cs1. The Bertz CT molecular complexity index is 523. The van der Waals surface area contributed by atoms with Crippen molar-refractivity contribution in [1.82, 2.24) is 4.31 Å². The fourth-order valence-electron chi connectivity index (χ4n) is 1.46. The van der Waals surface area contributed by atoms with Gasteiger partial charge in [-0.05, 0) is 25.3 Å². The quantitative estimate of drug-likeness (QED) is 0.704. The van der Waals surface area contributed by atoms with E-state index in [1.54, 1.807) is 0 Å². The molecular weight excluding hydrogens is 290 g/mol. The van der Waals surface area contributed by atoms with Gasteiger partial charge >= 0.3 is 5.97 Å². The van der Waals surface area contributed by atoms with Crippen molar-refractivity contribution in [3.63, 3.8) is 0 Å². The lowest BCUT2D eigenvalue weighted by atomic mass is 10.2. The van der Waals surface area contributed by atoms with Crippen LogP contribution in [-0.2, 0) is 10.0 Å². The van der Waals surface area contributed by atoms with E-state index in [0.717, 1.165) is 17.8 Å². The number of sulfonamides is 1. The van der Waals surface area contributed by atoms with Gasteiger partial charge in [0.25, 0.3) is 10.0 Å². The molecule has 0 saturated heterocycles. The Hall–Kier alpha value is -0.960. The number of aliphatic hydroxyl groups excluding tert-OH is 1. The van der Waals surface area contributed by atoms with Crippen LogP contribution >= 0.6 is 11.3 Å². The summed E-state index contributed by atoms with van der Waals surface area (Å²) in [7, 11) is -2.15. The van der Waals surface area contributed by atoms with Crippen LogP contribution in [0.1, 0.15) is 29.6 Å². The summed E-state index contributed by atoms with van der Waals surface area (Å²) in [6.07, 6.45) is 2.06. The summed E-state index contributed by atoms with van der Waals surface area (Å²) in [6, 6.07) is 1.17. The zero-order valence-electron chi connectivity index (χ0n) is 10.6. The Labute approximate surface area is 116 Å². The highest BCUT2D eigenvalue weighted by Gasteiger charge is 2.23. The number of nitrogens with zero attached hydrogens (tertiary/aromatic N) is 1. The van der Waals surface area contributed by atoms with Crippen LogP contribution in [-0.4, -0.2) is 49.1 Å². The molecule has 0 unspecified atom stereocenters. The third-order valence-electron chi connectivity index (χ3n) is 2.62. The minimum Gasteiger partial charge on any atom is -0.478 e. The van der Waals surface area contributed by atoms with Crippen molar-refractivity contribution in [2.24, 2.45) is 0 Å². The highest BCUT2D eigenvalue weighted by atomic mass is 32.2. The van der Waals surface area contributed by atoms with Crippen molar-refractivity contribution in [2.45, 2.75) is 23.5 Å². The molecule has 0 saturated carbocycles. The first-order valence-corrected chi connectivity index (χ1v) is 8.10. The number of carboxylic acid groups (broad SMARTS) is 1. The van der Waals surface area contributed by atoms with E-state index >= 15 is 0 Å². The van der Waals surface area contributed by atoms with Crippen molar-refractivity contribution in [3.8, 4) is 0 Å². The van der Waals surface area contributed by atoms with Gasteiger partial charge in [0.15, 0.2) is 0 Å². The molecule has 0 bridgehead atoms. The number of thiophene rings is 1. The van der Waals surface area contributed by atoms with Gasteiger partial charge in [-0.1, -0.05) is 0 Å². The Morgan fingerprint density at radius 2 is 2.05 bits per heavy atom. The van der Waals surface area contributed by atoms with E-state index in [2.05, 4.69) is 0 Å². The van der Waals surface area contributed by atoms with Gasteiger partial charge in [0.1, 0.15) is 4.21 Å². The van der Waals surface area contributed by atoms with Crippen molar-refractivity contribution >= 4 is 27.3 Å². The maximum atomic E-state index is 12.1. The van der Waals surface area contributed by atoms with Crippen molar-refractivity contribution in [1.29, 1.82) is 0 Å². The molecular formula is C11H17NO5S2. The van der Waals surface area contributed by atoms with Gasteiger partial charge in [0, 0.05) is 25.6 Å². The van der Waals surface area contributed by atoms with Gasteiger partial charge in [-0.15, -0.1) is 11.3 Å². The highest BCUT2D eigenvalue weighted by molar-refractivity contribution is 7.91. The lowest BCUT2D eigenvalue weighted by Crippen LogP contribution is -2.27. The zero-order valence-corrected chi connectivity index (χ0v) is 12.2. The monoisotopic (exact) mass is 307 g/mol. The number of hydrogen-bond donors (Lipinski definition) is 2. The first-order chi connectivity index (χ1) is 8.89. The van der Waals surface area contributed by atoms with Gasteiger partial charge < -0.3 is 10.2 Å². The summed E-state index contributed by atoms with van der Waals surface area (Å²) in [4.78, 5) is 10.7. The predicted octanol–water partition coefficient (Wildman–Crippen LogP) is 1.23. The van der Waals surface area contributed by atoms with Gasteiger partial charge in [0.2, 0.25) is 0 Å². The maximum absolute atomic E-state index is 12.1. The smallest absolute Gasteiger partial charge is 0.336 e. The molecule has 0 aliphatic rings. The van der Waals surface area contributed by atoms with E-state index < -0.39 is 16.0 Å². The van der Waals surface area contributed by atoms with E-state index in [0.29, 0.717) is 19.4 Å². The summed E-state index contributed by atoms with van der Waals surface area (Å²) in [6.45, 7) is 0.450. The number of unbranched alkanes of at least 4 members (excludes halogenated alkanes) is 2. The Morgan fingerprint density at radius 3 is 2.58 bits per heavy atom. The summed E-state index contributed by atoms with van der Waals surface area (Å²) >= 11 is 0.906. The molecule has 6 nitrogen and oxygen atoms in total. The van der Waals surface area contributed by atoms with E-state index in [4.69, 9.17) is 10.2 Å². The molecule has 0 aromatic carbocycles. The van der Waals surface area contributed by atoms with Crippen LogP contribution in [0.3, 0.4) is 0 Å². The van der Waals surface area contributed by atoms with Crippen LogP contribution in [0.25, 0.3) is 0 Å². The van der Waals surface area contributed by atoms with E-state index in [1.807, 2.05) is 0 Å². The topological polar surface area (TPSA) is 94.9 Å². The van der Waals surface area contributed by atoms with E-state index in [-0.39, 0.29) is 16.4 Å². The predicted molar refractivity (Wildman–Crippen MR) is 72.0 cm³/mol. The largest absolute Gasteiger partial charge is 0.478 e. The van der Waals surface area contributed by atoms with E-state index in [1.165, 1.54) is 22.8 Å². The Kier molecular flexibility index (Phi) is 5.92. The van der Waals surface area contributed by atoms with Crippen LogP contribution in [0.2, 0.25) is 0 Å². The van der Waals surface area contributed by atoms with Crippen LogP contribution in [0.15, 0.2) is 15.7 Å². The molecule has 19 heavy (non-hydrogen) atoms. The number of rotatable bonds is 8. The number of aliphatic hydroxyl groups is 1. The van der Waals surface area contributed by atoms with Crippen molar-refractivity contribution in [2.75, 3.05) is 20.2 Å². The molecule has 2 N–H and O–H groups in total. The molecule has 1 aromatic rings. The highest BCUT2D eigenvalue weighted by Crippen LogP contribution is 2.23. The van der Waals surface area contributed by atoms with Gasteiger partial charge in [-0.2, -0.15) is 0 Å². The second-order valence-corrected chi connectivity index (χ2v) is 7.25. The van der Waals surface area contributed by atoms with Crippen LogP contribution < -0.4 is 0 Å². The molecule has 0 amide bonds. The minimum atomic E-state index is -3.61. The molecule has 0 atom stereocenters. The second kappa shape index (κ2) is 6.99. The standard InChI is InChI=1S/C11H17NO5S2/c1-12(5-3-2-4-6-13)19(16,17)10-7-9(8-18-10)11(14)15/h7-8,13H,2-6H2,1H3,(H,14,15). The van der Waals surface area contributed by atoms with Gasteiger partial charge in [-0.3, -0.25) is 0 Å². The third-order valence-corrected chi connectivity index (χ3v) is 5.89. The second-order valence-electron chi connectivity index (χ2n) is 4.07. The molecule has 0 radical (unpaired) electrons. The molecule has 1 aromatic heterocycles.